The largest absolute Gasteiger partial charge is 0.475 e. The molecule has 0 amide bonds. The fraction of sp³-hybridized carbons (Fsp3) is 0.722. The van der Waals surface area contributed by atoms with E-state index >= 15 is 0 Å². The van der Waals surface area contributed by atoms with Gasteiger partial charge >= 0.3 is 5.97 Å². The highest BCUT2D eigenvalue weighted by Gasteiger charge is 2.05. The quantitative estimate of drug-likeness (QED) is 0.102. The lowest BCUT2D eigenvalue weighted by Gasteiger charge is -2.01. The van der Waals surface area contributed by atoms with E-state index in [1.165, 1.54) is 70.3 Å². The van der Waals surface area contributed by atoms with Crippen LogP contribution >= 0.6 is 0 Å². The van der Waals surface area contributed by atoms with Crippen LogP contribution < -0.4 is 0 Å². The van der Waals surface area contributed by atoms with Crippen molar-refractivity contribution in [3.05, 3.63) is 24.0 Å². The lowest BCUT2D eigenvalue weighted by molar-refractivity contribution is -0.210. The number of hydrogen-bond acceptors (Lipinski definition) is 3. The fourth-order valence-electron chi connectivity index (χ4n) is 2.32. The topological polar surface area (TPSA) is 66.8 Å². The maximum Gasteiger partial charge on any atom is 0.375 e. The van der Waals surface area contributed by atoms with Crippen LogP contribution in [0.5, 0.6) is 0 Å². The first-order valence-corrected chi connectivity index (χ1v) is 8.64. The Morgan fingerprint density at radius 1 is 0.909 bits per heavy atom. The Hall–Kier alpha value is -1.29. The second-order valence-corrected chi connectivity index (χ2v) is 5.68. The number of aliphatic carboxylic acids is 1. The summed E-state index contributed by atoms with van der Waals surface area (Å²) in [5, 5.41) is 16.9. The Bertz CT molecular complexity index is 321. The molecule has 22 heavy (non-hydrogen) atoms. The molecule has 0 bridgehead atoms. The first-order valence-electron chi connectivity index (χ1n) is 8.64. The Morgan fingerprint density at radius 3 is 1.86 bits per heavy atom. The van der Waals surface area contributed by atoms with Gasteiger partial charge in [-0.25, -0.2) is 10.1 Å². The molecule has 0 aliphatic carbocycles. The highest BCUT2D eigenvalue weighted by atomic mass is 17.1. The lowest BCUT2D eigenvalue weighted by Crippen LogP contribution is -2.01. The van der Waals surface area contributed by atoms with Crippen molar-refractivity contribution in [3.8, 4) is 0 Å². The van der Waals surface area contributed by atoms with Gasteiger partial charge in [-0.05, 0) is 18.9 Å². The smallest absolute Gasteiger partial charge is 0.375 e. The van der Waals surface area contributed by atoms with Crippen LogP contribution in [0.25, 0.3) is 0 Å². The summed E-state index contributed by atoms with van der Waals surface area (Å²) in [6.07, 6.45) is 20.2. The van der Waals surface area contributed by atoms with Crippen molar-refractivity contribution in [2.45, 2.75) is 84.0 Å². The number of hydrogen-bond donors (Lipinski definition) is 2. The molecule has 4 heteroatoms. The third-order valence-electron chi connectivity index (χ3n) is 3.67. The van der Waals surface area contributed by atoms with Gasteiger partial charge in [-0.15, -0.1) is 0 Å². The van der Waals surface area contributed by atoms with Crippen molar-refractivity contribution in [1.29, 1.82) is 0 Å². The predicted octanol–water partition coefficient (Wildman–Crippen LogP) is 5.70. The standard InChI is InChI=1S/C18H32O4/c1-2-3-4-5-6-7-8-9-10-11-12-13-14-15-16-17(22-21)18(19)20/h14-16,21H,2-13H2,1H3,(H,19,20). The van der Waals surface area contributed by atoms with Gasteiger partial charge in [0, 0.05) is 0 Å². The molecule has 0 rings (SSSR count). The zero-order valence-electron chi connectivity index (χ0n) is 13.9. The van der Waals surface area contributed by atoms with Gasteiger partial charge in [0.15, 0.2) is 0 Å². The van der Waals surface area contributed by atoms with Crippen molar-refractivity contribution in [2.24, 2.45) is 0 Å². The molecule has 0 spiro atoms. The van der Waals surface area contributed by atoms with Crippen LogP contribution in [0.15, 0.2) is 24.0 Å². The Balaban J connectivity index is 3.35. The number of allylic oxidation sites excluding steroid dienone is 3. The van der Waals surface area contributed by atoms with Gasteiger partial charge in [0.25, 0.3) is 0 Å². The summed E-state index contributed by atoms with van der Waals surface area (Å²) in [5.41, 5.74) is 0. The highest BCUT2D eigenvalue weighted by Crippen LogP contribution is 2.12. The molecule has 128 valence electrons. The SMILES string of the molecule is CCCCCCCCCCCCCC=CC=C(OO)C(=O)O. The number of carboxylic acid groups (broad SMARTS) is 1. The molecule has 4 nitrogen and oxygen atoms in total. The second kappa shape index (κ2) is 16.1. The van der Waals surface area contributed by atoms with Crippen molar-refractivity contribution >= 4 is 5.97 Å². The highest BCUT2D eigenvalue weighted by molar-refractivity contribution is 5.84. The predicted molar refractivity (Wildman–Crippen MR) is 89.7 cm³/mol. The zero-order valence-corrected chi connectivity index (χ0v) is 13.9. The van der Waals surface area contributed by atoms with Gasteiger partial charge in [-0.3, -0.25) is 0 Å². The molecular formula is C18H32O4. The van der Waals surface area contributed by atoms with Gasteiger partial charge in [0.05, 0.1) is 0 Å². The number of unbranched alkanes of at least 4 members (excludes halogenated alkanes) is 11. The van der Waals surface area contributed by atoms with E-state index in [0.717, 1.165) is 12.8 Å². The average Bonchev–Trinajstić information content (AvgIpc) is 2.51. The third-order valence-corrected chi connectivity index (χ3v) is 3.67. The summed E-state index contributed by atoms with van der Waals surface area (Å²) in [6, 6.07) is 0. The van der Waals surface area contributed by atoms with Crippen LogP contribution in [-0.2, 0) is 9.68 Å². The van der Waals surface area contributed by atoms with E-state index < -0.39 is 11.7 Å². The van der Waals surface area contributed by atoms with Crippen LogP contribution in [0.3, 0.4) is 0 Å². The molecule has 0 fully saturated rings. The van der Waals surface area contributed by atoms with E-state index in [9.17, 15) is 4.79 Å². The molecule has 0 aromatic heterocycles. The maximum atomic E-state index is 10.5. The second-order valence-electron chi connectivity index (χ2n) is 5.68. The first-order chi connectivity index (χ1) is 10.7. The van der Waals surface area contributed by atoms with Gasteiger partial charge in [0.2, 0.25) is 5.76 Å². The lowest BCUT2D eigenvalue weighted by atomic mass is 10.1. The van der Waals surface area contributed by atoms with E-state index in [0.29, 0.717) is 0 Å². The van der Waals surface area contributed by atoms with Crippen LogP contribution in [0.4, 0.5) is 0 Å². The van der Waals surface area contributed by atoms with Gasteiger partial charge in [0.1, 0.15) is 0 Å². The summed E-state index contributed by atoms with van der Waals surface area (Å²) in [7, 11) is 0. The van der Waals surface area contributed by atoms with Crippen LogP contribution in [0, 0.1) is 0 Å². The number of carbonyl (C=O) groups is 1. The summed E-state index contributed by atoms with van der Waals surface area (Å²) >= 11 is 0. The maximum absolute atomic E-state index is 10.5. The first kappa shape index (κ1) is 20.7. The molecule has 0 heterocycles. The third kappa shape index (κ3) is 13.7. The molecule has 0 saturated carbocycles. The number of carboxylic acids is 1. The minimum absolute atomic E-state index is 0.463. The van der Waals surface area contributed by atoms with Crippen LogP contribution in [-0.4, -0.2) is 16.3 Å². The van der Waals surface area contributed by atoms with Crippen molar-refractivity contribution < 1.29 is 20.0 Å². The molecule has 0 aromatic rings. The Labute approximate surface area is 134 Å². The minimum Gasteiger partial charge on any atom is -0.475 e. The normalized spacial score (nSPS) is 12.0. The van der Waals surface area contributed by atoms with E-state index in [4.69, 9.17) is 10.4 Å². The Kier molecular flexibility index (Phi) is 15.1. The fourth-order valence-corrected chi connectivity index (χ4v) is 2.32. The summed E-state index contributed by atoms with van der Waals surface area (Å²) in [6.45, 7) is 2.25. The molecule has 0 saturated heterocycles. The molecule has 0 unspecified atom stereocenters. The molecule has 0 aliphatic rings. The molecule has 0 aromatic carbocycles. The molecule has 0 radical (unpaired) electrons. The van der Waals surface area contributed by atoms with E-state index in [1.807, 2.05) is 6.08 Å². The van der Waals surface area contributed by atoms with Crippen molar-refractivity contribution in [3.63, 3.8) is 0 Å². The van der Waals surface area contributed by atoms with Gasteiger partial charge in [-0.1, -0.05) is 83.3 Å². The van der Waals surface area contributed by atoms with Crippen LogP contribution in [0.1, 0.15) is 84.0 Å². The Morgan fingerprint density at radius 2 is 1.41 bits per heavy atom. The van der Waals surface area contributed by atoms with Crippen LogP contribution in [0.2, 0.25) is 0 Å². The van der Waals surface area contributed by atoms with Gasteiger partial charge < -0.3 is 9.99 Å². The minimum atomic E-state index is -1.28. The summed E-state index contributed by atoms with van der Waals surface area (Å²) in [5.74, 6) is -1.74. The average molecular weight is 312 g/mol. The van der Waals surface area contributed by atoms with E-state index in [2.05, 4.69) is 11.8 Å². The molecule has 0 aliphatic heterocycles. The van der Waals surface area contributed by atoms with E-state index in [1.54, 1.807) is 6.08 Å². The van der Waals surface area contributed by atoms with E-state index in [-0.39, 0.29) is 0 Å². The molecule has 0 atom stereocenters. The van der Waals surface area contributed by atoms with Crippen molar-refractivity contribution in [2.75, 3.05) is 0 Å². The monoisotopic (exact) mass is 312 g/mol. The zero-order chi connectivity index (χ0) is 16.5. The molecule has 2 N–H and O–H groups in total. The van der Waals surface area contributed by atoms with Crippen molar-refractivity contribution in [1.82, 2.24) is 0 Å². The summed E-state index contributed by atoms with van der Waals surface area (Å²) < 4.78 is 0. The van der Waals surface area contributed by atoms with Gasteiger partial charge in [-0.2, -0.15) is 0 Å². The molecular weight excluding hydrogens is 280 g/mol. The number of rotatable bonds is 15. The summed E-state index contributed by atoms with van der Waals surface area (Å²) in [4.78, 5) is 14.2.